The number of furan rings is 2. The lowest BCUT2D eigenvalue weighted by atomic mass is 10.1. The lowest BCUT2D eigenvalue weighted by molar-refractivity contribution is 0.0514. The summed E-state index contributed by atoms with van der Waals surface area (Å²) in [5.74, 6) is 1.99. The van der Waals surface area contributed by atoms with E-state index in [1.165, 1.54) is 6.26 Å². The van der Waals surface area contributed by atoms with E-state index in [-0.39, 0.29) is 24.4 Å². The highest BCUT2D eigenvalue weighted by molar-refractivity contribution is 5.91. The van der Waals surface area contributed by atoms with Gasteiger partial charge in [0.2, 0.25) is 0 Å². The van der Waals surface area contributed by atoms with Crippen molar-refractivity contribution in [2.24, 2.45) is 0 Å². The lowest BCUT2D eigenvalue weighted by Crippen LogP contribution is -2.50. The summed E-state index contributed by atoms with van der Waals surface area (Å²) in [6.45, 7) is 5.51. The fraction of sp³-hybridized carbons (Fsp3) is 0.474. The molecule has 0 N–H and O–H groups in total. The molecule has 3 aromatic heterocycles. The first-order valence-electron chi connectivity index (χ1n) is 9.61. The van der Waals surface area contributed by atoms with E-state index in [1.54, 1.807) is 23.1 Å². The number of carbonyl (C=O) groups is 1. The smallest absolute Gasteiger partial charge is 0.289 e. The van der Waals surface area contributed by atoms with Crippen LogP contribution in [0.4, 0.5) is 0 Å². The van der Waals surface area contributed by atoms with Crippen LogP contribution in [-0.4, -0.2) is 62.1 Å². The molecule has 0 spiro atoms. The van der Waals surface area contributed by atoms with Gasteiger partial charge in [-0.3, -0.25) is 9.69 Å². The summed E-state index contributed by atoms with van der Waals surface area (Å²) in [5.41, 5.74) is 0. The van der Waals surface area contributed by atoms with Gasteiger partial charge in [0.05, 0.1) is 18.6 Å². The quantitative estimate of drug-likeness (QED) is 0.579. The Morgan fingerprint density at radius 3 is 2.55 bits per heavy atom. The first-order chi connectivity index (χ1) is 13.8. The van der Waals surface area contributed by atoms with Crippen LogP contribution < -0.4 is 0 Å². The van der Waals surface area contributed by atoms with Crippen molar-refractivity contribution in [2.75, 3.05) is 26.2 Å². The van der Waals surface area contributed by atoms with E-state index in [2.05, 4.69) is 27.3 Å². The van der Waals surface area contributed by atoms with Crippen LogP contribution in [0.5, 0.6) is 0 Å². The predicted molar refractivity (Wildman–Crippen MR) is 107 cm³/mol. The Kier molecular flexibility index (Phi) is 7.05. The Morgan fingerprint density at radius 1 is 1.14 bits per heavy atom. The third-order valence-corrected chi connectivity index (χ3v) is 5.08. The van der Waals surface area contributed by atoms with Gasteiger partial charge >= 0.3 is 0 Å². The lowest BCUT2D eigenvalue weighted by Gasteiger charge is -2.38. The molecular weight excluding hydrogens is 396 g/mol. The van der Waals surface area contributed by atoms with Gasteiger partial charge in [0.1, 0.15) is 12.3 Å². The average Bonchev–Trinajstić information content (AvgIpc) is 3.49. The summed E-state index contributed by atoms with van der Waals surface area (Å²) in [6, 6.07) is 7.32. The van der Waals surface area contributed by atoms with Crippen molar-refractivity contribution in [3.05, 3.63) is 54.1 Å². The summed E-state index contributed by atoms with van der Waals surface area (Å²) < 4.78 is 12.5. The minimum Gasteiger partial charge on any atom is -0.467 e. The summed E-state index contributed by atoms with van der Waals surface area (Å²) in [6.07, 6.45) is 5.15. The van der Waals surface area contributed by atoms with Crippen LogP contribution in [0.2, 0.25) is 0 Å². The van der Waals surface area contributed by atoms with Gasteiger partial charge in [-0.1, -0.05) is 13.3 Å². The van der Waals surface area contributed by atoms with Gasteiger partial charge in [-0.2, -0.15) is 0 Å². The molecule has 0 saturated carbocycles. The molecule has 0 bridgehead atoms. The maximum absolute atomic E-state index is 12.5. The molecule has 1 amide bonds. The average molecular weight is 421 g/mol. The first kappa shape index (κ1) is 21.1. The number of aromatic nitrogens is 4. The van der Waals surface area contributed by atoms with Crippen molar-refractivity contribution >= 4 is 18.3 Å². The summed E-state index contributed by atoms with van der Waals surface area (Å²) in [4.78, 5) is 16.7. The van der Waals surface area contributed by atoms with Crippen LogP contribution >= 0.6 is 12.4 Å². The number of tetrazole rings is 1. The minimum absolute atomic E-state index is 0. The van der Waals surface area contributed by atoms with Crippen molar-refractivity contribution in [1.82, 2.24) is 30.0 Å². The third kappa shape index (κ3) is 4.68. The Labute approximate surface area is 175 Å². The molecule has 1 fully saturated rings. The first-order valence-corrected chi connectivity index (χ1v) is 9.61. The van der Waals surface area contributed by atoms with Gasteiger partial charge in [-0.05, 0) is 41.1 Å². The largest absolute Gasteiger partial charge is 0.467 e. The van der Waals surface area contributed by atoms with E-state index in [0.717, 1.165) is 37.5 Å². The molecular formula is C19H25ClN6O3. The Bertz CT molecular complexity index is 872. The maximum Gasteiger partial charge on any atom is 0.289 e. The molecule has 0 radical (unpaired) electrons. The number of carbonyl (C=O) groups excluding carboxylic acids is 1. The zero-order chi connectivity index (χ0) is 19.3. The summed E-state index contributed by atoms with van der Waals surface area (Å²) in [7, 11) is 0. The minimum atomic E-state index is -0.0562. The Hall–Kier alpha value is -2.65. The second kappa shape index (κ2) is 9.71. The van der Waals surface area contributed by atoms with Crippen molar-refractivity contribution in [1.29, 1.82) is 0 Å². The zero-order valence-corrected chi connectivity index (χ0v) is 17.1. The molecule has 0 aliphatic carbocycles. The van der Waals surface area contributed by atoms with E-state index in [9.17, 15) is 4.79 Å². The molecule has 156 valence electrons. The number of nitrogens with zero attached hydrogens (tertiary/aromatic N) is 6. The van der Waals surface area contributed by atoms with Gasteiger partial charge in [0, 0.05) is 26.2 Å². The SMILES string of the molecule is CCCC(c1nnnn1Cc1ccco1)N1CCN(C(=O)c2ccco2)CC1.Cl. The van der Waals surface area contributed by atoms with E-state index >= 15 is 0 Å². The Balaban J connectivity index is 0.00000240. The highest BCUT2D eigenvalue weighted by atomic mass is 35.5. The van der Waals surface area contributed by atoms with Crippen LogP contribution in [0.1, 0.15) is 47.9 Å². The van der Waals surface area contributed by atoms with Crippen molar-refractivity contribution in [3.8, 4) is 0 Å². The molecule has 0 aromatic carbocycles. The summed E-state index contributed by atoms with van der Waals surface area (Å²) >= 11 is 0. The normalized spacial score (nSPS) is 15.8. The van der Waals surface area contributed by atoms with E-state index in [4.69, 9.17) is 8.83 Å². The second-order valence-electron chi connectivity index (χ2n) is 6.88. The number of amides is 1. The monoisotopic (exact) mass is 420 g/mol. The molecule has 1 unspecified atom stereocenters. The molecule has 9 nitrogen and oxygen atoms in total. The zero-order valence-electron chi connectivity index (χ0n) is 16.3. The molecule has 1 atom stereocenters. The van der Waals surface area contributed by atoms with Crippen molar-refractivity contribution < 1.29 is 13.6 Å². The van der Waals surface area contributed by atoms with Gasteiger partial charge in [0.15, 0.2) is 11.6 Å². The summed E-state index contributed by atoms with van der Waals surface area (Å²) in [5, 5.41) is 12.4. The number of hydrogen-bond acceptors (Lipinski definition) is 7. The van der Waals surface area contributed by atoms with Crippen molar-refractivity contribution in [2.45, 2.75) is 32.4 Å². The third-order valence-electron chi connectivity index (χ3n) is 5.08. The standard InChI is InChI=1S/C19H24N6O3.ClH/c1-2-5-16(18-20-21-22-25(18)14-15-6-3-12-27-15)23-8-10-24(11-9-23)19(26)17-7-4-13-28-17;/h3-4,6-7,12-13,16H,2,5,8-11,14H2,1H3;1H. The van der Waals surface area contributed by atoms with E-state index in [0.29, 0.717) is 25.4 Å². The predicted octanol–water partition coefficient (Wildman–Crippen LogP) is 2.63. The van der Waals surface area contributed by atoms with Crippen LogP contribution in [0.15, 0.2) is 45.6 Å². The molecule has 29 heavy (non-hydrogen) atoms. The molecule has 3 aromatic rings. The Morgan fingerprint density at radius 2 is 1.90 bits per heavy atom. The number of hydrogen-bond donors (Lipinski definition) is 0. The van der Waals surface area contributed by atoms with Crippen LogP contribution in [0.25, 0.3) is 0 Å². The highest BCUT2D eigenvalue weighted by Crippen LogP contribution is 2.26. The second-order valence-corrected chi connectivity index (χ2v) is 6.88. The molecule has 10 heteroatoms. The molecule has 4 heterocycles. The maximum atomic E-state index is 12.5. The van der Waals surface area contributed by atoms with Crippen LogP contribution in [0, 0.1) is 0 Å². The van der Waals surface area contributed by atoms with Gasteiger partial charge in [-0.15, -0.1) is 17.5 Å². The number of halogens is 1. The van der Waals surface area contributed by atoms with Crippen LogP contribution in [-0.2, 0) is 6.54 Å². The van der Waals surface area contributed by atoms with E-state index < -0.39 is 0 Å². The van der Waals surface area contributed by atoms with Gasteiger partial charge in [-0.25, -0.2) is 4.68 Å². The van der Waals surface area contributed by atoms with Gasteiger partial charge in [0.25, 0.3) is 5.91 Å². The number of rotatable bonds is 7. The fourth-order valence-electron chi connectivity index (χ4n) is 3.65. The highest BCUT2D eigenvalue weighted by Gasteiger charge is 2.30. The number of piperazine rings is 1. The van der Waals surface area contributed by atoms with Crippen LogP contribution in [0.3, 0.4) is 0 Å². The van der Waals surface area contributed by atoms with E-state index in [1.807, 2.05) is 17.0 Å². The molecule has 1 saturated heterocycles. The molecule has 1 aliphatic rings. The van der Waals surface area contributed by atoms with Crippen molar-refractivity contribution in [3.63, 3.8) is 0 Å². The fourth-order valence-corrected chi connectivity index (χ4v) is 3.65. The molecule has 4 rings (SSSR count). The van der Waals surface area contributed by atoms with Gasteiger partial charge < -0.3 is 13.7 Å². The topological polar surface area (TPSA) is 93.4 Å². The molecule has 1 aliphatic heterocycles.